The minimum atomic E-state index is -0.321. The van der Waals surface area contributed by atoms with Crippen LogP contribution in [-0.2, 0) is 9.31 Å². The van der Waals surface area contributed by atoms with Crippen LogP contribution in [0.5, 0.6) is 0 Å². The normalized spacial score (nSPS) is 21.2. The first-order chi connectivity index (χ1) is 8.64. The van der Waals surface area contributed by atoms with Gasteiger partial charge in [0.25, 0.3) is 0 Å². The molecule has 0 aromatic carbocycles. The Morgan fingerprint density at radius 1 is 1.05 bits per heavy atom. The molecule has 2 heterocycles. The molecule has 1 saturated heterocycles. The van der Waals surface area contributed by atoms with E-state index in [9.17, 15) is 0 Å². The van der Waals surface area contributed by atoms with Crippen molar-refractivity contribution in [2.75, 3.05) is 0 Å². The first-order valence-corrected chi connectivity index (χ1v) is 6.97. The van der Waals surface area contributed by atoms with Crippen molar-refractivity contribution in [2.45, 2.75) is 65.6 Å². The van der Waals surface area contributed by atoms with Crippen molar-refractivity contribution < 1.29 is 9.31 Å². The summed E-state index contributed by atoms with van der Waals surface area (Å²) >= 11 is 0. The fourth-order valence-electron chi connectivity index (χ4n) is 2.13. The van der Waals surface area contributed by atoms with Crippen LogP contribution >= 0.6 is 0 Å². The van der Waals surface area contributed by atoms with Gasteiger partial charge >= 0.3 is 7.12 Å². The van der Waals surface area contributed by atoms with Crippen LogP contribution in [0.1, 0.15) is 58.8 Å². The number of rotatable bonds is 2. The van der Waals surface area contributed by atoms with E-state index in [0.717, 1.165) is 16.9 Å². The van der Waals surface area contributed by atoms with Crippen LogP contribution in [0.15, 0.2) is 12.1 Å². The lowest BCUT2D eigenvalue weighted by Crippen LogP contribution is -2.41. The third-order valence-corrected chi connectivity index (χ3v) is 4.25. The Balaban J connectivity index is 2.30. The monoisotopic (exact) mass is 261 g/mol. The number of hydrogen-bond acceptors (Lipinski definition) is 3. The molecule has 0 amide bonds. The van der Waals surface area contributed by atoms with Crippen LogP contribution in [0.2, 0.25) is 0 Å². The van der Waals surface area contributed by atoms with E-state index >= 15 is 0 Å². The van der Waals surface area contributed by atoms with Crippen molar-refractivity contribution in [3.8, 4) is 0 Å². The zero-order valence-electron chi connectivity index (χ0n) is 13.1. The zero-order valence-corrected chi connectivity index (χ0v) is 13.1. The Morgan fingerprint density at radius 2 is 1.58 bits per heavy atom. The average Bonchev–Trinajstić information content (AvgIpc) is 2.47. The van der Waals surface area contributed by atoms with Gasteiger partial charge < -0.3 is 9.31 Å². The minimum Gasteiger partial charge on any atom is -0.399 e. The highest BCUT2D eigenvalue weighted by Crippen LogP contribution is 2.36. The molecule has 1 aromatic heterocycles. The number of aryl methyl sites for hydroxylation is 1. The fraction of sp³-hybridized carbons (Fsp3) is 0.667. The highest BCUT2D eigenvalue weighted by Gasteiger charge is 2.52. The summed E-state index contributed by atoms with van der Waals surface area (Å²) in [5, 5.41) is 0. The Labute approximate surface area is 116 Å². The maximum absolute atomic E-state index is 6.07. The van der Waals surface area contributed by atoms with Crippen LogP contribution in [-0.4, -0.2) is 23.3 Å². The van der Waals surface area contributed by atoms with Crippen molar-refractivity contribution in [3.63, 3.8) is 0 Å². The molecule has 1 aliphatic heterocycles. The SMILES string of the molecule is Cc1nc(C(C)C)ccc1B1OC(C)(C)C(C)(C)O1. The summed E-state index contributed by atoms with van der Waals surface area (Å²) in [5.74, 6) is 0.436. The lowest BCUT2D eigenvalue weighted by molar-refractivity contribution is 0.00578. The van der Waals surface area contributed by atoms with Gasteiger partial charge in [-0.25, -0.2) is 0 Å². The second kappa shape index (κ2) is 4.60. The van der Waals surface area contributed by atoms with E-state index in [0.29, 0.717) is 5.92 Å². The molecule has 0 atom stereocenters. The van der Waals surface area contributed by atoms with Gasteiger partial charge in [-0.2, -0.15) is 0 Å². The van der Waals surface area contributed by atoms with Crippen LogP contribution < -0.4 is 5.46 Å². The summed E-state index contributed by atoms with van der Waals surface area (Å²) in [4.78, 5) is 4.65. The Bertz CT molecular complexity index is 467. The fourth-order valence-corrected chi connectivity index (χ4v) is 2.13. The molecule has 1 aromatic rings. The van der Waals surface area contributed by atoms with Gasteiger partial charge in [0.15, 0.2) is 0 Å². The summed E-state index contributed by atoms with van der Waals surface area (Å²) in [6, 6.07) is 4.15. The van der Waals surface area contributed by atoms with Crippen LogP contribution in [0.3, 0.4) is 0 Å². The van der Waals surface area contributed by atoms with E-state index in [4.69, 9.17) is 9.31 Å². The van der Waals surface area contributed by atoms with Crippen LogP contribution in [0.25, 0.3) is 0 Å². The lowest BCUT2D eigenvalue weighted by Gasteiger charge is -2.32. The maximum atomic E-state index is 6.07. The van der Waals surface area contributed by atoms with Crippen molar-refractivity contribution in [2.24, 2.45) is 0 Å². The molecular formula is C15H24BNO2. The molecule has 0 bridgehead atoms. The second-order valence-electron chi connectivity index (χ2n) is 6.65. The van der Waals surface area contributed by atoms with Crippen LogP contribution in [0, 0.1) is 6.92 Å². The van der Waals surface area contributed by atoms with Crippen molar-refractivity contribution in [3.05, 3.63) is 23.5 Å². The van der Waals surface area contributed by atoms with Gasteiger partial charge in [-0.3, -0.25) is 4.98 Å². The summed E-state index contributed by atoms with van der Waals surface area (Å²) in [5.41, 5.74) is 2.52. The number of nitrogens with zero attached hydrogens (tertiary/aromatic N) is 1. The third-order valence-electron chi connectivity index (χ3n) is 4.25. The molecule has 0 unspecified atom stereocenters. The smallest absolute Gasteiger partial charge is 0.399 e. The highest BCUT2D eigenvalue weighted by atomic mass is 16.7. The van der Waals surface area contributed by atoms with E-state index in [1.54, 1.807) is 0 Å². The first kappa shape index (κ1) is 14.5. The molecule has 0 spiro atoms. The van der Waals surface area contributed by atoms with Crippen molar-refractivity contribution >= 4 is 12.6 Å². The van der Waals surface area contributed by atoms with Crippen molar-refractivity contribution in [1.29, 1.82) is 0 Å². The third kappa shape index (κ3) is 2.56. The molecule has 104 valence electrons. The molecule has 1 fully saturated rings. The lowest BCUT2D eigenvalue weighted by atomic mass is 9.77. The van der Waals surface area contributed by atoms with Gasteiger partial charge in [0.05, 0.1) is 11.2 Å². The maximum Gasteiger partial charge on any atom is 0.496 e. The van der Waals surface area contributed by atoms with Gasteiger partial charge in [0.2, 0.25) is 0 Å². The van der Waals surface area contributed by atoms with Gasteiger partial charge in [0, 0.05) is 16.9 Å². The predicted octanol–water partition coefficient (Wildman–Crippen LogP) is 2.81. The molecule has 0 radical (unpaired) electrons. The minimum absolute atomic E-state index is 0.305. The van der Waals surface area contributed by atoms with Gasteiger partial charge in [0.1, 0.15) is 0 Å². The van der Waals surface area contributed by atoms with E-state index < -0.39 is 0 Å². The average molecular weight is 261 g/mol. The summed E-state index contributed by atoms with van der Waals surface area (Å²) in [7, 11) is -0.321. The van der Waals surface area contributed by atoms with Gasteiger partial charge in [-0.15, -0.1) is 0 Å². The standard InChI is InChI=1S/C15H24BNO2/c1-10(2)13-9-8-12(11(3)17-13)16-18-14(4,5)15(6,7)19-16/h8-10H,1-7H3. The first-order valence-electron chi connectivity index (χ1n) is 6.97. The molecule has 19 heavy (non-hydrogen) atoms. The molecule has 2 rings (SSSR count). The molecule has 3 nitrogen and oxygen atoms in total. The molecule has 0 aliphatic carbocycles. The molecular weight excluding hydrogens is 237 g/mol. The number of aromatic nitrogens is 1. The Hall–Kier alpha value is -0.865. The Kier molecular flexibility index (Phi) is 3.52. The van der Waals surface area contributed by atoms with Crippen molar-refractivity contribution in [1.82, 2.24) is 4.98 Å². The quantitative estimate of drug-likeness (QED) is 0.767. The molecule has 0 saturated carbocycles. The van der Waals surface area contributed by atoms with E-state index in [1.807, 2.05) is 6.92 Å². The highest BCUT2D eigenvalue weighted by molar-refractivity contribution is 6.62. The summed E-state index contributed by atoms with van der Waals surface area (Å²) < 4.78 is 12.1. The zero-order chi connectivity index (χ0) is 14.4. The van der Waals surface area contributed by atoms with Crippen LogP contribution in [0.4, 0.5) is 0 Å². The molecule has 0 N–H and O–H groups in total. The topological polar surface area (TPSA) is 31.4 Å². The molecule has 1 aliphatic rings. The number of hydrogen-bond donors (Lipinski definition) is 0. The van der Waals surface area contributed by atoms with E-state index in [-0.39, 0.29) is 18.3 Å². The molecule has 4 heteroatoms. The largest absolute Gasteiger partial charge is 0.496 e. The summed E-state index contributed by atoms with van der Waals surface area (Å²) in [6.45, 7) is 14.6. The summed E-state index contributed by atoms with van der Waals surface area (Å²) in [6.07, 6.45) is 0. The second-order valence-corrected chi connectivity index (χ2v) is 6.65. The van der Waals surface area contributed by atoms with E-state index in [1.165, 1.54) is 0 Å². The van der Waals surface area contributed by atoms with E-state index in [2.05, 4.69) is 58.7 Å². The number of pyridine rings is 1. The van der Waals surface area contributed by atoms with Gasteiger partial charge in [-0.1, -0.05) is 19.9 Å². The van der Waals surface area contributed by atoms with Gasteiger partial charge in [-0.05, 0) is 46.6 Å². The predicted molar refractivity (Wildman–Crippen MR) is 78.8 cm³/mol. The Morgan fingerprint density at radius 3 is 2.00 bits per heavy atom.